The molecule has 0 saturated carbocycles. The largest absolute Gasteiger partial charge is 0.444 e. The molecule has 0 heterocycles. The number of ether oxygens (including phenoxy) is 1. The first-order chi connectivity index (χ1) is 11.1. The molecule has 0 radical (unpaired) electrons. The summed E-state index contributed by atoms with van der Waals surface area (Å²) in [6, 6.07) is 9.14. The number of amides is 3. The Morgan fingerprint density at radius 2 is 1.88 bits per heavy atom. The highest BCUT2D eigenvalue weighted by atomic mass is 35.5. The SMILES string of the molecule is CNCC(=O)N(CCNC(=O)CN)C(=O)OCc1ccccc1.Cl. The van der Waals surface area contributed by atoms with Gasteiger partial charge in [0.2, 0.25) is 11.8 Å². The molecular formula is C15H23ClN4O4. The number of benzene rings is 1. The average Bonchev–Trinajstić information content (AvgIpc) is 2.57. The van der Waals surface area contributed by atoms with Gasteiger partial charge in [0.05, 0.1) is 13.1 Å². The molecule has 0 fully saturated rings. The van der Waals surface area contributed by atoms with Crippen molar-refractivity contribution in [1.82, 2.24) is 15.5 Å². The van der Waals surface area contributed by atoms with Gasteiger partial charge in [0.1, 0.15) is 6.61 Å². The van der Waals surface area contributed by atoms with Crippen LogP contribution in [0, 0.1) is 0 Å². The van der Waals surface area contributed by atoms with Crippen LogP contribution >= 0.6 is 12.4 Å². The van der Waals surface area contributed by atoms with Crippen LogP contribution in [0.1, 0.15) is 5.56 Å². The number of halogens is 1. The number of nitrogens with zero attached hydrogens (tertiary/aromatic N) is 1. The lowest BCUT2D eigenvalue weighted by Crippen LogP contribution is -2.46. The van der Waals surface area contributed by atoms with Crippen molar-refractivity contribution in [2.75, 3.05) is 33.2 Å². The Balaban J connectivity index is 0.00000529. The molecule has 0 saturated heterocycles. The van der Waals surface area contributed by atoms with Crippen LogP contribution in [0.4, 0.5) is 4.79 Å². The zero-order chi connectivity index (χ0) is 17.1. The minimum atomic E-state index is -0.754. The zero-order valence-corrected chi connectivity index (χ0v) is 14.3. The summed E-state index contributed by atoms with van der Waals surface area (Å²) in [7, 11) is 1.60. The van der Waals surface area contributed by atoms with E-state index in [2.05, 4.69) is 10.6 Å². The Bertz CT molecular complexity index is 527. The first kappa shape index (κ1) is 21.8. The number of carbonyl (C=O) groups is 3. The second-order valence-corrected chi connectivity index (χ2v) is 4.67. The lowest BCUT2D eigenvalue weighted by Gasteiger charge is -2.20. The van der Waals surface area contributed by atoms with Gasteiger partial charge in [0.15, 0.2) is 0 Å². The van der Waals surface area contributed by atoms with Gasteiger partial charge < -0.3 is 21.1 Å². The third-order valence-electron chi connectivity index (χ3n) is 2.90. The van der Waals surface area contributed by atoms with E-state index in [1.54, 1.807) is 7.05 Å². The summed E-state index contributed by atoms with van der Waals surface area (Å²) in [6.45, 7) is 0.0398. The molecule has 4 N–H and O–H groups in total. The number of rotatable bonds is 8. The summed E-state index contributed by atoms with van der Waals surface area (Å²) in [5, 5.41) is 5.18. The van der Waals surface area contributed by atoms with E-state index >= 15 is 0 Å². The topological polar surface area (TPSA) is 114 Å². The highest BCUT2D eigenvalue weighted by molar-refractivity contribution is 5.93. The minimum absolute atomic E-state index is 0. The van der Waals surface area contributed by atoms with Crippen molar-refractivity contribution in [2.45, 2.75) is 6.61 Å². The Labute approximate surface area is 147 Å². The van der Waals surface area contributed by atoms with Gasteiger partial charge in [0.25, 0.3) is 0 Å². The number of hydrogen-bond acceptors (Lipinski definition) is 6. The maximum absolute atomic E-state index is 12.1. The van der Waals surface area contributed by atoms with E-state index in [4.69, 9.17) is 10.5 Å². The van der Waals surface area contributed by atoms with Crippen molar-refractivity contribution in [3.8, 4) is 0 Å². The van der Waals surface area contributed by atoms with E-state index < -0.39 is 12.0 Å². The molecular weight excluding hydrogens is 336 g/mol. The van der Waals surface area contributed by atoms with E-state index in [-0.39, 0.29) is 51.1 Å². The number of imide groups is 1. The van der Waals surface area contributed by atoms with Crippen molar-refractivity contribution in [3.63, 3.8) is 0 Å². The Morgan fingerprint density at radius 1 is 1.21 bits per heavy atom. The van der Waals surface area contributed by atoms with E-state index in [0.29, 0.717) is 0 Å². The van der Waals surface area contributed by atoms with Crippen LogP contribution < -0.4 is 16.4 Å². The number of nitrogens with one attached hydrogen (secondary N) is 2. The highest BCUT2D eigenvalue weighted by Gasteiger charge is 2.22. The second-order valence-electron chi connectivity index (χ2n) is 4.67. The molecule has 0 bridgehead atoms. The molecule has 9 heteroatoms. The summed E-state index contributed by atoms with van der Waals surface area (Å²) in [5.41, 5.74) is 5.99. The number of carbonyl (C=O) groups excluding carboxylic acids is 3. The maximum Gasteiger partial charge on any atom is 0.416 e. The van der Waals surface area contributed by atoms with Crippen LogP contribution in [0.15, 0.2) is 30.3 Å². The molecule has 1 aromatic carbocycles. The van der Waals surface area contributed by atoms with Crippen molar-refractivity contribution < 1.29 is 19.1 Å². The lowest BCUT2D eigenvalue weighted by molar-refractivity contribution is -0.129. The Hall–Kier alpha value is -2.16. The molecule has 0 atom stereocenters. The van der Waals surface area contributed by atoms with Crippen LogP contribution in [0.25, 0.3) is 0 Å². The Kier molecular flexibility index (Phi) is 11.2. The number of nitrogens with two attached hydrogens (primary N) is 1. The van der Waals surface area contributed by atoms with Gasteiger partial charge in [-0.3, -0.25) is 9.59 Å². The van der Waals surface area contributed by atoms with Crippen LogP contribution in [0.3, 0.4) is 0 Å². The van der Waals surface area contributed by atoms with Gasteiger partial charge in [-0.1, -0.05) is 30.3 Å². The van der Waals surface area contributed by atoms with E-state index in [0.717, 1.165) is 10.5 Å². The van der Waals surface area contributed by atoms with Gasteiger partial charge in [-0.25, -0.2) is 9.69 Å². The zero-order valence-electron chi connectivity index (χ0n) is 13.5. The predicted molar refractivity (Wildman–Crippen MR) is 91.6 cm³/mol. The third kappa shape index (κ3) is 7.91. The molecule has 0 aliphatic rings. The number of hydrogen-bond donors (Lipinski definition) is 3. The van der Waals surface area contributed by atoms with Crippen molar-refractivity contribution >= 4 is 30.3 Å². The van der Waals surface area contributed by atoms with E-state index in [1.807, 2.05) is 30.3 Å². The van der Waals surface area contributed by atoms with Crippen LogP contribution in [-0.4, -0.2) is 56.0 Å². The summed E-state index contributed by atoms with van der Waals surface area (Å²) in [6.07, 6.45) is -0.754. The van der Waals surface area contributed by atoms with Gasteiger partial charge in [-0.2, -0.15) is 0 Å². The fraction of sp³-hybridized carbons (Fsp3) is 0.400. The molecule has 8 nitrogen and oxygen atoms in total. The second kappa shape index (κ2) is 12.3. The van der Waals surface area contributed by atoms with Crippen LogP contribution in [-0.2, 0) is 20.9 Å². The van der Waals surface area contributed by atoms with Crippen molar-refractivity contribution in [2.24, 2.45) is 5.73 Å². The summed E-state index contributed by atoms with van der Waals surface area (Å²) >= 11 is 0. The van der Waals surface area contributed by atoms with Crippen molar-refractivity contribution in [1.29, 1.82) is 0 Å². The smallest absolute Gasteiger partial charge is 0.416 e. The monoisotopic (exact) mass is 358 g/mol. The molecule has 24 heavy (non-hydrogen) atoms. The van der Waals surface area contributed by atoms with Gasteiger partial charge >= 0.3 is 6.09 Å². The lowest BCUT2D eigenvalue weighted by atomic mass is 10.2. The minimum Gasteiger partial charge on any atom is -0.444 e. The number of likely N-dealkylation sites (N-methyl/N-ethyl adjacent to an activating group) is 1. The predicted octanol–water partition coefficient (Wildman–Crippen LogP) is -0.132. The first-order valence-electron chi connectivity index (χ1n) is 7.21. The molecule has 0 aromatic heterocycles. The molecule has 0 unspecified atom stereocenters. The maximum atomic E-state index is 12.1. The van der Waals surface area contributed by atoms with Gasteiger partial charge in [-0.15, -0.1) is 12.4 Å². The molecule has 0 spiro atoms. The first-order valence-corrected chi connectivity index (χ1v) is 7.21. The summed E-state index contributed by atoms with van der Waals surface area (Å²) < 4.78 is 5.14. The fourth-order valence-corrected chi connectivity index (χ4v) is 1.74. The molecule has 134 valence electrons. The van der Waals surface area contributed by atoms with Gasteiger partial charge in [-0.05, 0) is 12.6 Å². The molecule has 0 aliphatic heterocycles. The fourth-order valence-electron chi connectivity index (χ4n) is 1.74. The normalized spacial score (nSPS) is 9.58. The average molecular weight is 359 g/mol. The Morgan fingerprint density at radius 3 is 2.46 bits per heavy atom. The van der Waals surface area contributed by atoms with Gasteiger partial charge in [0, 0.05) is 13.1 Å². The molecule has 3 amide bonds. The van der Waals surface area contributed by atoms with E-state index in [9.17, 15) is 14.4 Å². The molecule has 0 aliphatic carbocycles. The van der Waals surface area contributed by atoms with Crippen LogP contribution in [0.2, 0.25) is 0 Å². The van der Waals surface area contributed by atoms with Crippen molar-refractivity contribution in [3.05, 3.63) is 35.9 Å². The standard InChI is InChI=1S/C15H22N4O4.ClH/c1-17-10-14(21)19(8-7-18-13(20)9-16)15(22)23-11-12-5-3-2-4-6-12;/h2-6,17H,7-11,16H2,1H3,(H,18,20);1H. The quantitative estimate of drug-likeness (QED) is 0.596. The van der Waals surface area contributed by atoms with Crippen LogP contribution in [0.5, 0.6) is 0 Å². The molecule has 1 rings (SSSR count). The third-order valence-corrected chi connectivity index (χ3v) is 2.90. The highest BCUT2D eigenvalue weighted by Crippen LogP contribution is 2.03. The molecule has 1 aromatic rings. The summed E-state index contributed by atoms with van der Waals surface area (Å²) in [4.78, 5) is 36.1. The summed E-state index contributed by atoms with van der Waals surface area (Å²) in [5.74, 6) is -0.795. The van der Waals surface area contributed by atoms with E-state index in [1.165, 1.54) is 0 Å².